The molecule has 0 spiro atoms. The van der Waals surface area contributed by atoms with Crippen molar-refractivity contribution >= 4 is 28.3 Å². The fourth-order valence-electron chi connectivity index (χ4n) is 3.87. The molecule has 1 saturated heterocycles. The number of H-pyrrole nitrogens is 1. The van der Waals surface area contributed by atoms with E-state index in [9.17, 15) is 4.79 Å². The Morgan fingerprint density at radius 1 is 1.26 bits per heavy atom. The predicted octanol–water partition coefficient (Wildman–Crippen LogP) is 2.85. The number of hydrogen-bond donors (Lipinski definition) is 2. The second-order valence-electron chi connectivity index (χ2n) is 7.00. The molecule has 1 aliphatic heterocycles. The van der Waals surface area contributed by atoms with Crippen molar-refractivity contribution in [1.82, 2.24) is 24.5 Å². The van der Waals surface area contributed by atoms with Crippen molar-refractivity contribution in [3.63, 3.8) is 0 Å². The van der Waals surface area contributed by atoms with Crippen molar-refractivity contribution in [3.05, 3.63) is 60.0 Å². The molecule has 7 heteroatoms. The summed E-state index contributed by atoms with van der Waals surface area (Å²) in [6.07, 6.45) is 4.45. The van der Waals surface area contributed by atoms with Gasteiger partial charge in [-0.1, -0.05) is 18.2 Å². The first-order chi connectivity index (χ1) is 13.2. The SMILES string of the molecule is Cc1[nH]c2ccccc2c1C(=O)N1CCC(Nc2ccc3nccn3n2)C1. The van der Waals surface area contributed by atoms with E-state index >= 15 is 0 Å². The Labute approximate surface area is 156 Å². The second kappa shape index (κ2) is 6.12. The van der Waals surface area contributed by atoms with Gasteiger partial charge < -0.3 is 15.2 Å². The number of hydrogen-bond acceptors (Lipinski definition) is 4. The van der Waals surface area contributed by atoms with Gasteiger partial charge in [-0.05, 0) is 31.5 Å². The van der Waals surface area contributed by atoms with E-state index < -0.39 is 0 Å². The number of nitrogens with zero attached hydrogens (tertiary/aromatic N) is 4. The van der Waals surface area contributed by atoms with E-state index in [4.69, 9.17) is 0 Å². The fraction of sp³-hybridized carbons (Fsp3) is 0.250. The number of amides is 1. The zero-order valence-electron chi connectivity index (χ0n) is 15.0. The molecule has 7 nitrogen and oxygen atoms in total. The largest absolute Gasteiger partial charge is 0.364 e. The normalized spacial score (nSPS) is 17.1. The quantitative estimate of drug-likeness (QED) is 0.589. The molecule has 1 atom stereocenters. The topological polar surface area (TPSA) is 78.3 Å². The first-order valence-electron chi connectivity index (χ1n) is 9.12. The summed E-state index contributed by atoms with van der Waals surface area (Å²) in [7, 11) is 0. The van der Waals surface area contributed by atoms with Gasteiger partial charge in [0.15, 0.2) is 5.65 Å². The summed E-state index contributed by atoms with van der Waals surface area (Å²) < 4.78 is 1.75. The number of aromatic amines is 1. The molecule has 1 fully saturated rings. The molecule has 3 aromatic heterocycles. The van der Waals surface area contributed by atoms with Gasteiger partial charge in [-0.2, -0.15) is 0 Å². The van der Waals surface area contributed by atoms with Crippen LogP contribution in [0.4, 0.5) is 5.82 Å². The third kappa shape index (κ3) is 2.71. The molecule has 4 aromatic rings. The van der Waals surface area contributed by atoms with E-state index in [0.717, 1.165) is 46.6 Å². The number of likely N-dealkylation sites (tertiary alicyclic amines) is 1. The third-order valence-corrected chi connectivity index (χ3v) is 5.19. The number of carbonyl (C=O) groups is 1. The van der Waals surface area contributed by atoms with Gasteiger partial charge >= 0.3 is 0 Å². The van der Waals surface area contributed by atoms with Gasteiger partial charge in [-0.3, -0.25) is 4.79 Å². The third-order valence-electron chi connectivity index (χ3n) is 5.19. The maximum absolute atomic E-state index is 13.1. The highest BCUT2D eigenvalue weighted by molar-refractivity contribution is 6.08. The van der Waals surface area contributed by atoms with E-state index in [0.29, 0.717) is 6.54 Å². The molecule has 136 valence electrons. The molecular weight excluding hydrogens is 340 g/mol. The van der Waals surface area contributed by atoms with Crippen molar-refractivity contribution < 1.29 is 4.79 Å². The number of carbonyl (C=O) groups excluding carboxylic acids is 1. The summed E-state index contributed by atoms with van der Waals surface area (Å²) in [6, 6.07) is 12.0. The lowest BCUT2D eigenvalue weighted by Gasteiger charge is -2.17. The lowest BCUT2D eigenvalue weighted by atomic mass is 10.1. The standard InChI is InChI=1S/C20H20N6O/c1-13-19(15-4-2-3-5-16(15)22-13)20(27)25-10-8-14(12-25)23-17-6-7-18-21-9-11-26(18)24-17/h2-7,9,11,14,22H,8,10,12H2,1H3,(H,23,24). The van der Waals surface area contributed by atoms with Crippen molar-refractivity contribution in [2.75, 3.05) is 18.4 Å². The van der Waals surface area contributed by atoms with Crippen LogP contribution in [0.3, 0.4) is 0 Å². The van der Waals surface area contributed by atoms with E-state index in [2.05, 4.69) is 20.4 Å². The zero-order chi connectivity index (χ0) is 18.4. The first kappa shape index (κ1) is 15.9. The molecule has 1 unspecified atom stereocenters. The van der Waals surface area contributed by atoms with Crippen molar-refractivity contribution in [2.45, 2.75) is 19.4 Å². The summed E-state index contributed by atoms with van der Waals surface area (Å²) in [5.74, 6) is 0.885. The van der Waals surface area contributed by atoms with Crippen LogP contribution in [0.25, 0.3) is 16.6 Å². The van der Waals surface area contributed by atoms with Crippen LogP contribution in [0.1, 0.15) is 22.5 Å². The Morgan fingerprint density at radius 2 is 2.15 bits per heavy atom. The summed E-state index contributed by atoms with van der Waals surface area (Å²) in [5.41, 5.74) is 3.53. The Balaban J connectivity index is 1.34. The Hall–Kier alpha value is -3.35. The zero-order valence-corrected chi connectivity index (χ0v) is 15.0. The van der Waals surface area contributed by atoms with Crippen LogP contribution in [-0.4, -0.2) is 49.5 Å². The summed E-state index contributed by atoms with van der Waals surface area (Å²) in [4.78, 5) is 22.6. The Kier molecular flexibility index (Phi) is 3.60. The minimum atomic E-state index is 0.0901. The number of aryl methyl sites for hydroxylation is 1. The van der Waals surface area contributed by atoms with Crippen LogP contribution in [0.15, 0.2) is 48.8 Å². The summed E-state index contributed by atoms with van der Waals surface area (Å²) in [6.45, 7) is 3.37. The van der Waals surface area contributed by atoms with Gasteiger partial charge in [0.05, 0.1) is 5.56 Å². The lowest BCUT2D eigenvalue weighted by Crippen LogP contribution is -2.32. The molecule has 0 saturated carbocycles. The highest BCUT2D eigenvalue weighted by Crippen LogP contribution is 2.25. The molecule has 0 radical (unpaired) electrons. The Bertz CT molecular complexity index is 1140. The van der Waals surface area contributed by atoms with E-state index in [1.165, 1.54) is 0 Å². The van der Waals surface area contributed by atoms with Gasteiger partial charge in [0, 0.05) is 48.1 Å². The molecular formula is C20H20N6O. The number of para-hydroxylation sites is 1. The lowest BCUT2D eigenvalue weighted by molar-refractivity contribution is 0.0793. The molecule has 1 amide bonds. The number of aromatic nitrogens is 4. The van der Waals surface area contributed by atoms with E-state index in [-0.39, 0.29) is 11.9 Å². The molecule has 1 aliphatic rings. The average molecular weight is 360 g/mol. The highest BCUT2D eigenvalue weighted by atomic mass is 16.2. The average Bonchev–Trinajstić information content (AvgIpc) is 3.38. The molecule has 1 aromatic carbocycles. The van der Waals surface area contributed by atoms with E-state index in [1.807, 2.05) is 54.4 Å². The molecule has 0 bridgehead atoms. The second-order valence-corrected chi connectivity index (χ2v) is 7.00. The van der Waals surface area contributed by atoms with Crippen LogP contribution < -0.4 is 5.32 Å². The Morgan fingerprint density at radius 3 is 3.07 bits per heavy atom. The molecule has 0 aliphatic carbocycles. The molecule has 5 rings (SSSR count). The van der Waals surface area contributed by atoms with Gasteiger partial charge in [-0.15, -0.1) is 5.10 Å². The maximum Gasteiger partial charge on any atom is 0.256 e. The molecule has 4 heterocycles. The van der Waals surface area contributed by atoms with Gasteiger partial charge in [0.2, 0.25) is 0 Å². The number of benzene rings is 1. The van der Waals surface area contributed by atoms with Gasteiger partial charge in [0.25, 0.3) is 5.91 Å². The highest BCUT2D eigenvalue weighted by Gasteiger charge is 2.29. The van der Waals surface area contributed by atoms with Crippen LogP contribution in [0, 0.1) is 6.92 Å². The predicted molar refractivity (Wildman–Crippen MR) is 104 cm³/mol. The van der Waals surface area contributed by atoms with Crippen LogP contribution >= 0.6 is 0 Å². The summed E-state index contributed by atoms with van der Waals surface area (Å²) in [5, 5.41) is 8.94. The van der Waals surface area contributed by atoms with Crippen molar-refractivity contribution in [2.24, 2.45) is 0 Å². The van der Waals surface area contributed by atoms with Gasteiger partial charge in [0.1, 0.15) is 5.82 Å². The van der Waals surface area contributed by atoms with Crippen molar-refractivity contribution in [3.8, 4) is 0 Å². The number of rotatable bonds is 3. The smallest absolute Gasteiger partial charge is 0.256 e. The van der Waals surface area contributed by atoms with Gasteiger partial charge in [-0.25, -0.2) is 9.50 Å². The first-order valence-corrected chi connectivity index (χ1v) is 9.12. The summed E-state index contributed by atoms with van der Waals surface area (Å²) >= 11 is 0. The monoisotopic (exact) mass is 360 g/mol. The number of anilines is 1. The maximum atomic E-state index is 13.1. The van der Waals surface area contributed by atoms with Crippen LogP contribution in [-0.2, 0) is 0 Å². The number of fused-ring (bicyclic) bond motifs is 2. The van der Waals surface area contributed by atoms with Crippen LogP contribution in [0.5, 0.6) is 0 Å². The molecule has 27 heavy (non-hydrogen) atoms. The fourth-order valence-corrected chi connectivity index (χ4v) is 3.87. The van der Waals surface area contributed by atoms with Crippen molar-refractivity contribution in [1.29, 1.82) is 0 Å². The van der Waals surface area contributed by atoms with E-state index in [1.54, 1.807) is 10.7 Å². The number of imidazole rings is 1. The minimum absolute atomic E-state index is 0.0901. The minimum Gasteiger partial charge on any atom is -0.364 e. The molecule has 2 N–H and O–H groups in total. The number of nitrogens with one attached hydrogen (secondary N) is 2. The van der Waals surface area contributed by atoms with Crippen LogP contribution in [0.2, 0.25) is 0 Å².